The summed E-state index contributed by atoms with van der Waals surface area (Å²) in [6.07, 6.45) is 1.28. The molecule has 2 N–H and O–H groups in total. The number of methoxy groups -OCH3 is 1. The van der Waals surface area contributed by atoms with Crippen molar-refractivity contribution >= 4 is 0 Å². The van der Waals surface area contributed by atoms with Crippen molar-refractivity contribution in [2.75, 3.05) is 13.7 Å². The lowest BCUT2D eigenvalue weighted by Crippen LogP contribution is -2.22. The van der Waals surface area contributed by atoms with Gasteiger partial charge in [0, 0.05) is 25.9 Å². The minimum absolute atomic E-state index is 0.305. The van der Waals surface area contributed by atoms with Crippen LogP contribution in [-0.2, 0) is 17.8 Å². The topological polar surface area (TPSA) is 72.2 Å². The smallest absolute Gasteiger partial charge is 0.0969 e. The lowest BCUT2D eigenvalue weighted by atomic mass is 10.3. The van der Waals surface area contributed by atoms with E-state index in [2.05, 4.69) is 29.5 Å². The molecule has 16 heavy (non-hydrogen) atoms. The largest absolute Gasteiger partial charge is 0.389 e. The quantitative estimate of drug-likeness (QED) is 0.675. The third-order valence-corrected chi connectivity index (χ3v) is 2.03. The first-order chi connectivity index (χ1) is 7.61. The van der Waals surface area contributed by atoms with Gasteiger partial charge >= 0.3 is 0 Å². The molecule has 0 aliphatic carbocycles. The zero-order valence-electron chi connectivity index (χ0n) is 10.1. The van der Waals surface area contributed by atoms with E-state index in [0.29, 0.717) is 25.7 Å². The van der Waals surface area contributed by atoms with Gasteiger partial charge in [0.1, 0.15) is 0 Å². The second-order valence-electron chi connectivity index (χ2n) is 4.08. The number of aromatic nitrogens is 3. The minimum atomic E-state index is -0.544. The van der Waals surface area contributed by atoms with E-state index >= 15 is 0 Å². The van der Waals surface area contributed by atoms with Crippen LogP contribution in [0.3, 0.4) is 0 Å². The lowest BCUT2D eigenvalue weighted by molar-refractivity contribution is 0.0510. The molecule has 6 heteroatoms. The van der Waals surface area contributed by atoms with Crippen molar-refractivity contribution < 1.29 is 9.84 Å². The summed E-state index contributed by atoms with van der Waals surface area (Å²) in [5.74, 6) is 0. The average Bonchev–Trinajstić information content (AvgIpc) is 2.63. The highest BCUT2D eigenvalue weighted by Crippen LogP contribution is 1.96. The molecule has 1 unspecified atom stereocenters. The SMILES string of the molecule is COCC(O)Cn1cc(CNC(C)C)nn1. The van der Waals surface area contributed by atoms with E-state index in [1.165, 1.54) is 0 Å². The first-order valence-corrected chi connectivity index (χ1v) is 5.41. The third kappa shape index (κ3) is 4.69. The number of rotatable bonds is 7. The summed E-state index contributed by atoms with van der Waals surface area (Å²) >= 11 is 0. The first kappa shape index (κ1) is 13.1. The van der Waals surface area contributed by atoms with Gasteiger partial charge in [-0.15, -0.1) is 5.10 Å². The van der Waals surface area contributed by atoms with E-state index in [-0.39, 0.29) is 0 Å². The number of nitrogens with one attached hydrogen (secondary N) is 1. The molecule has 1 rings (SSSR count). The van der Waals surface area contributed by atoms with E-state index in [4.69, 9.17) is 4.74 Å². The van der Waals surface area contributed by atoms with Gasteiger partial charge in [-0.25, -0.2) is 4.68 Å². The number of aliphatic hydroxyl groups excluding tert-OH is 1. The van der Waals surface area contributed by atoms with Crippen LogP contribution >= 0.6 is 0 Å². The number of hydrogen-bond acceptors (Lipinski definition) is 5. The Balaban J connectivity index is 2.39. The molecule has 0 aromatic carbocycles. The van der Waals surface area contributed by atoms with Crippen LogP contribution < -0.4 is 5.32 Å². The van der Waals surface area contributed by atoms with Crippen molar-refractivity contribution in [3.63, 3.8) is 0 Å². The second kappa shape index (κ2) is 6.57. The second-order valence-corrected chi connectivity index (χ2v) is 4.08. The third-order valence-electron chi connectivity index (χ3n) is 2.03. The standard InChI is InChI=1S/C10H20N4O2/c1-8(2)11-4-9-5-14(13-12-9)6-10(15)7-16-3/h5,8,10-11,15H,4,6-7H2,1-3H3. The average molecular weight is 228 g/mol. The molecule has 0 radical (unpaired) electrons. The summed E-state index contributed by atoms with van der Waals surface area (Å²) in [5, 5.41) is 20.7. The zero-order valence-corrected chi connectivity index (χ0v) is 10.1. The molecule has 92 valence electrons. The molecule has 0 aliphatic rings. The van der Waals surface area contributed by atoms with Crippen molar-refractivity contribution in [1.29, 1.82) is 0 Å². The molecule has 1 aromatic heterocycles. The summed E-state index contributed by atoms with van der Waals surface area (Å²) in [7, 11) is 1.56. The monoisotopic (exact) mass is 228 g/mol. The number of hydrogen-bond donors (Lipinski definition) is 2. The van der Waals surface area contributed by atoms with Gasteiger partial charge in [-0.1, -0.05) is 19.1 Å². The van der Waals surface area contributed by atoms with E-state index in [0.717, 1.165) is 5.69 Å². The van der Waals surface area contributed by atoms with Crippen LogP contribution in [0.15, 0.2) is 6.20 Å². The summed E-state index contributed by atoms with van der Waals surface area (Å²) in [6, 6.07) is 0.421. The van der Waals surface area contributed by atoms with Crippen LogP contribution in [0.4, 0.5) is 0 Å². The Morgan fingerprint density at radius 1 is 1.56 bits per heavy atom. The summed E-state index contributed by atoms with van der Waals surface area (Å²) in [4.78, 5) is 0. The molecule has 0 spiro atoms. The van der Waals surface area contributed by atoms with Gasteiger partial charge in [-0.3, -0.25) is 0 Å². The lowest BCUT2D eigenvalue weighted by Gasteiger charge is -2.08. The fourth-order valence-electron chi connectivity index (χ4n) is 1.28. The Morgan fingerprint density at radius 2 is 2.31 bits per heavy atom. The minimum Gasteiger partial charge on any atom is -0.389 e. The summed E-state index contributed by atoms with van der Waals surface area (Å²) < 4.78 is 6.46. The van der Waals surface area contributed by atoms with Gasteiger partial charge < -0.3 is 15.2 Å². The Kier molecular flexibility index (Phi) is 5.37. The molecule has 0 amide bonds. The molecular weight excluding hydrogens is 208 g/mol. The van der Waals surface area contributed by atoms with Crippen LogP contribution in [0.25, 0.3) is 0 Å². The van der Waals surface area contributed by atoms with Crippen molar-refractivity contribution in [1.82, 2.24) is 20.3 Å². The van der Waals surface area contributed by atoms with Gasteiger partial charge in [0.15, 0.2) is 0 Å². The Labute approximate surface area is 95.6 Å². The molecule has 0 aliphatic heterocycles. The van der Waals surface area contributed by atoms with Gasteiger partial charge in [-0.05, 0) is 0 Å². The van der Waals surface area contributed by atoms with E-state index in [1.807, 2.05) is 6.20 Å². The Morgan fingerprint density at radius 3 is 2.94 bits per heavy atom. The molecule has 1 heterocycles. The summed E-state index contributed by atoms with van der Waals surface area (Å²) in [6.45, 7) is 5.56. The fraction of sp³-hybridized carbons (Fsp3) is 0.800. The van der Waals surface area contributed by atoms with Crippen LogP contribution in [-0.4, -0.2) is 46.0 Å². The molecule has 0 saturated heterocycles. The summed E-state index contributed by atoms with van der Waals surface area (Å²) in [5.41, 5.74) is 0.873. The van der Waals surface area contributed by atoms with Crippen LogP contribution in [0.1, 0.15) is 19.5 Å². The molecular formula is C10H20N4O2. The molecule has 0 saturated carbocycles. The predicted molar refractivity (Wildman–Crippen MR) is 59.9 cm³/mol. The fourth-order valence-corrected chi connectivity index (χ4v) is 1.28. The van der Waals surface area contributed by atoms with Gasteiger partial charge in [-0.2, -0.15) is 0 Å². The van der Waals surface area contributed by atoms with E-state index in [1.54, 1.807) is 11.8 Å². The van der Waals surface area contributed by atoms with Crippen molar-refractivity contribution in [2.24, 2.45) is 0 Å². The molecule has 0 bridgehead atoms. The van der Waals surface area contributed by atoms with Gasteiger partial charge in [0.2, 0.25) is 0 Å². The van der Waals surface area contributed by atoms with E-state index in [9.17, 15) is 5.11 Å². The first-order valence-electron chi connectivity index (χ1n) is 5.41. The van der Waals surface area contributed by atoms with Crippen molar-refractivity contribution in [3.05, 3.63) is 11.9 Å². The normalized spacial score (nSPS) is 13.3. The molecule has 1 atom stereocenters. The highest BCUT2D eigenvalue weighted by Gasteiger charge is 2.07. The molecule has 0 fully saturated rings. The number of ether oxygens (including phenoxy) is 1. The van der Waals surface area contributed by atoms with Crippen LogP contribution in [0, 0.1) is 0 Å². The van der Waals surface area contributed by atoms with Crippen LogP contribution in [0.5, 0.6) is 0 Å². The number of aliphatic hydroxyl groups is 1. The Hall–Kier alpha value is -0.980. The van der Waals surface area contributed by atoms with Gasteiger partial charge in [0.05, 0.1) is 24.9 Å². The molecule has 6 nitrogen and oxygen atoms in total. The molecule has 1 aromatic rings. The van der Waals surface area contributed by atoms with Crippen molar-refractivity contribution in [2.45, 2.75) is 39.1 Å². The van der Waals surface area contributed by atoms with Crippen LogP contribution in [0.2, 0.25) is 0 Å². The number of nitrogens with zero attached hydrogens (tertiary/aromatic N) is 3. The van der Waals surface area contributed by atoms with Crippen molar-refractivity contribution in [3.8, 4) is 0 Å². The maximum absolute atomic E-state index is 9.50. The Bertz CT molecular complexity index is 301. The zero-order chi connectivity index (χ0) is 12.0. The maximum atomic E-state index is 9.50. The van der Waals surface area contributed by atoms with Gasteiger partial charge in [0.25, 0.3) is 0 Å². The predicted octanol–water partition coefficient (Wildman–Crippen LogP) is -0.217. The highest BCUT2D eigenvalue weighted by atomic mass is 16.5. The maximum Gasteiger partial charge on any atom is 0.0969 e. The highest BCUT2D eigenvalue weighted by molar-refractivity contribution is 4.92. The van der Waals surface area contributed by atoms with E-state index < -0.39 is 6.10 Å².